The average Bonchev–Trinajstić information content (AvgIpc) is 2.59. The van der Waals surface area contributed by atoms with Crippen LogP contribution < -0.4 is 9.86 Å². The molecule has 1 aromatic rings. The Kier molecular flexibility index (Phi) is 4.61. The summed E-state index contributed by atoms with van der Waals surface area (Å²) >= 11 is 1.05. The summed E-state index contributed by atoms with van der Waals surface area (Å²) in [7, 11) is -7.13. The molecule has 0 bridgehead atoms. The number of nitrogens with two attached hydrogens (primary N) is 1. The molecule has 3 N–H and O–H groups in total. The number of aromatic nitrogens is 1. The molecule has 0 aliphatic rings. The number of nitrogens with zero attached hydrogens (tertiary/aromatic N) is 1. The number of primary sulfonamides is 1. The standard InChI is InChI=1S/C7H13N3O4S3/c1-6-9-5-7(15-6)17(13,14)10-3-2-4-16(8,11)12/h5,10H,2-4H2,1H3,(H2,8,11,12). The van der Waals surface area contributed by atoms with Gasteiger partial charge in [0.2, 0.25) is 10.0 Å². The van der Waals surface area contributed by atoms with Crippen LogP contribution >= 0.6 is 11.3 Å². The summed E-state index contributed by atoms with van der Waals surface area (Å²) < 4.78 is 46.9. The van der Waals surface area contributed by atoms with Crippen LogP contribution in [0.1, 0.15) is 11.4 Å². The maximum atomic E-state index is 11.6. The second-order valence-electron chi connectivity index (χ2n) is 3.32. The molecule has 0 radical (unpaired) electrons. The van der Waals surface area contributed by atoms with Gasteiger partial charge in [0, 0.05) is 6.54 Å². The molecule has 0 unspecified atom stereocenters. The van der Waals surface area contributed by atoms with Gasteiger partial charge in [0.1, 0.15) is 0 Å². The Balaban J connectivity index is 2.52. The topological polar surface area (TPSA) is 119 Å². The van der Waals surface area contributed by atoms with E-state index in [-0.39, 0.29) is 22.9 Å². The first-order valence-corrected chi connectivity index (χ1v) is 8.65. The average molecular weight is 299 g/mol. The van der Waals surface area contributed by atoms with E-state index in [0.29, 0.717) is 5.01 Å². The highest BCUT2D eigenvalue weighted by Crippen LogP contribution is 2.17. The van der Waals surface area contributed by atoms with Crippen molar-refractivity contribution in [2.75, 3.05) is 12.3 Å². The molecule has 0 aromatic carbocycles. The van der Waals surface area contributed by atoms with Crippen molar-refractivity contribution >= 4 is 31.4 Å². The Morgan fingerprint density at radius 1 is 1.41 bits per heavy atom. The van der Waals surface area contributed by atoms with Crippen molar-refractivity contribution in [1.82, 2.24) is 9.71 Å². The van der Waals surface area contributed by atoms with Crippen LogP contribution in [0, 0.1) is 6.92 Å². The molecule has 0 spiro atoms. The fourth-order valence-corrected chi connectivity index (χ4v) is 3.79. The highest BCUT2D eigenvalue weighted by Gasteiger charge is 2.16. The molecule has 1 rings (SSSR count). The molecule has 10 heteroatoms. The van der Waals surface area contributed by atoms with Gasteiger partial charge in [-0.1, -0.05) is 0 Å². The number of hydrogen-bond acceptors (Lipinski definition) is 6. The minimum Gasteiger partial charge on any atom is -0.249 e. The fourth-order valence-electron chi connectivity index (χ4n) is 1.02. The molecule has 0 atom stereocenters. The van der Waals surface area contributed by atoms with Crippen LogP contribution in [-0.4, -0.2) is 34.1 Å². The maximum absolute atomic E-state index is 11.6. The summed E-state index contributed by atoms with van der Waals surface area (Å²) in [5.41, 5.74) is 0. The van der Waals surface area contributed by atoms with E-state index in [1.807, 2.05) is 0 Å². The van der Waals surface area contributed by atoms with Gasteiger partial charge in [0.15, 0.2) is 4.21 Å². The van der Waals surface area contributed by atoms with Crippen molar-refractivity contribution < 1.29 is 16.8 Å². The number of hydrogen-bond donors (Lipinski definition) is 2. The van der Waals surface area contributed by atoms with E-state index in [4.69, 9.17) is 5.14 Å². The highest BCUT2D eigenvalue weighted by atomic mass is 32.2. The van der Waals surface area contributed by atoms with Crippen LogP contribution in [0.5, 0.6) is 0 Å². The van der Waals surface area contributed by atoms with Crippen LogP contribution in [0.4, 0.5) is 0 Å². The van der Waals surface area contributed by atoms with Gasteiger partial charge < -0.3 is 0 Å². The van der Waals surface area contributed by atoms with Crippen LogP contribution in [0.25, 0.3) is 0 Å². The minimum atomic E-state index is -3.59. The Labute approximate surface area is 104 Å². The van der Waals surface area contributed by atoms with Crippen LogP contribution in [0.3, 0.4) is 0 Å². The van der Waals surface area contributed by atoms with E-state index in [1.54, 1.807) is 6.92 Å². The Morgan fingerprint density at radius 3 is 2.53 bits per heavy atom. The molecule has 17 heavy (non-hydrogen) atoms. The normalized spacial score (nSPS) is 12.8. The Morgan fingerprint density at radius 2 is 2.06 bits per heavy atom. The lowest BCUT2D eigenvalue weighted by Gasteiger charge is -2.03. The van der Waals surface area contributed by atoms with Crippen LogP contribution in [0.2, 0.25) is 0 Å². The third kappa shape index (κ3) is 5.08. The summed E-state index contributed by atoms with van der Waals surface area (Å²) in [6.45, 7) is 1.72. The van der Waals surface area contributed by atoms with Crippen molar-refractivity contribution in [3.8, 4) is 0 Å². The van der Waals surface area contributed by atoms with Crippen molar-refractivity contribution in [3.63, 3.8) is 0 Å². The minimum absolute atomic E-state index is 0.0235. The molecule has 0 saturated heterocycles. The largest absolute Gasteiger partial charge is 0.251 e. The molecule has 0 aliphatic carbocycles. The van der Waals surface area contributed by atoms with Gasteiger partial charge >= 0.3 is 0 Å². The van der Waals surface area contributed by atoms with Crippen molar-refractivity contribution in [1.29, 1.82) is 0 Å². The second kappa shape index (κ2) is 5.40. The van der Waals surface area contributed by atoms with E-state index in [1.165, 1.54) is 6.20 Å². The summed E-state index contributed by atoms with van der Waals surface area (Å²) in [6.07, 6.45) is 1.40. The first-order valence-electron chi connectivity index (χ1n) is 4.63. The van der Waals surface area contributed by atoms with E-state index in [9.17, 15) is 16.8 Å². The summed E-state index contributed by atoms with van der Waals surface area (Å²) in [5, 5.41) is 5.43. The number of nitrogens with one attached hydrogen (secondary N) is 1. The number of thiazole rings is 1. The number of sulfonamides is 2. The van der Waals surface area contributed by atoms with E-state index >= 15 is 0 Å². The lowest BCUT2D eigenvalue weighted by molar-refractivity contribution is 0.578. The zero-order chi connectivity index (χ0) is 13.1. The number of aryl methyl sites for hydroxylation is 1. The first kappa shape index (κ1) is 14.5. The van der Waals surface area contributed by atoms with Gasteiger partial charge in [-0.2, -0.15) is 0 Å². The monoisotopic (exact) mass is 299 g/mol. The quantitative estimate of drug-likeness (QED) is 0.680. The van der Waals surface area contributed by atoms with Gasteiger partial charge in [-0.05, 0) is 13.3 Å². The van der Waals surface area contributed by atoms with Gasteiger partial charge in [0.25, 0.3) is 10.0 Å². The smallest absolute Gasteiger partial charge is 0.249 e. The highest BCUT2D eigenvalue weighted by molar-refractivity contribution is 7.91. The molecule has 0 saturated carbocycles. The molecule has 0 fully saturated rings. The Hall–Kier alpha value is -0.550. The molecular formula is C7H13N3O4S3. The zero-order valence-electron chi connectivity index (χ0n) is 9.08. The summed E-state index contributed by atoms with van der Waals surface area (Å²) in [6, 6.07) is 0. The SMILES string of the molecule is Cc1ncc(S(=O)(=O)NCCCS(N)(=O)=O)s1. The van der Waals surface area contributed by atoms with Gasteiger partial charge in [-0.15, -0.1) is 11.3 Å². The lowest BCUT2D eigenvalue weighted by atomic mass is 10.5. The molecule has 1 aromatic heterocycles. The second-order valence-corrected chi connectivity index (χ2v) is 8.28. The molecule has 1 heterocycles. The Bertz CT molecular complexity index is 575. The van der Waals surface area contributed by atoms with Gasteiger partial charge in [-0.3, -0.25) is 0 Å². The predicted octanol–water partition coefficient (Wildman–Crippen LogP) is -0.592. The number of rotatable bonds is 6. The molecule has 0 aliphatic heterocycles. The van der Waals surface area contributed by atoms with Gasteiger partial charge in [-0.25, -0.2) is 31.7 Å². The van der Waals surface area contributed by atoms with Crippen LogP contribution in [-0.2, 0) is 20.0 Å². The lowest BCUT2D eigenvalue weighted by Crippen LogP contribution is -2.27. The third-order valence-corrected chi connectivity index (χ3v) is 5.46. The molecule has 7 nitrogen and oxygen atoms in total. The molecule has 0 amide bonds. The predicted molar refractivity (Wildman–Crippen MR) is 64.6 cm³/mol. The summed E-state index contributed by atoms with van der Waals surface area (Å²) in [4.78, 5) is 3.83. The van der Waals surface area contributed by atoms with Crippen molar-refractivity contribution in [3.05, 3.63) is 11.2 Å². The summed E-state index contributed by atoms with van der Waals surface area (Å²) in [5.74, 6) is -0.253. The third-order valence-electron chi connectivity index (χ3n) is 1.76. The first-order chi connectivity index (χ1) is 7.71. The van der Waals surface area contributed by atoms with E-state index in [2.05, 4.69) is 9.71 Å². The van der Waals surface area contributed by atoms with Crippen LogP contribution in [0.15, 0.2) is 10.4 Å². The molecular weight excluding hydrogens is 286 g/mol. The maximum Gasteiger partial charge on any atom is 0.251 e. The van der Waals surface area contributed by atoms with Gasteiger partial charge in [0.05, 0.1) is 17.0 Å². The van der Waals surface area contributed by atoms with Crippen molar-refractivity contribution in [2.24, 2.45) is 5.14 Å². The van der Waals surface area contributed by atoms with E-state index < -0.39 is 20.0 Å². The van der Waals surface area contributed by atoms with Crippen molar-refractivity contribution in [2.45, 2.75) is 17.6 Å². The van der Waals surface area contributed by atoms with E-state index in [0.717, 1.165) is 11.3 Å². The zero-order valence-corrected chi connectivity index (χ0v) is 11.5. The fraction of sp³-hybridized carbons (Fsp3) is 0.571. The molecule has 98 valence electrons.